The first-order valence-corrected chi connectivity index (χ1v) is 10.1. The minimum atomic E-state index is -0.434. The van der Waals surface area contributed by atoms with Crippen molar-refractivity contribution in [1.29, 1.82) is 0 Å². The fraction of sp³-hybridized carbons (Fsp3) is 0.318. The number of nitrogens with zero attached hydrogens (tertiary/aromatic N) is 4. The standard InChI is InChI=1S/C22H22FN5O2/c23-17-7-4-8-18-20(17)21(25-24-18)28-14-15(13-19(28)29)22(30)27-11-9-26(10-12-27)16-5-2-1-3-6-16/h1-8,15H,9-14H2,(H,24,25). The number of H-pyrrole nitrogens is 1. The lowest BCUT2D eigenvalue weighted by atomic mass is 10.1. The summed E-state index contributed by atoms with van der Waals surface area (Å²) in [6.07, 6.45) is 0.126. The van der Waals surface area contributed by atoms with Gasteiger partial charge in [-0.15, -0.1) is 0 Å². The van der Waals surface area contributed by atoms with Crippen LogP contribution >= 0.6 is 0 Å². The predicted octanol–water partition coefficient (Wildman–Crippen LogP) is 2.40. The molecule has 8 heteroatoms. The molecule has 2 amide bonds. The minimum absolute atomic E-state index is 0.0149. The molecule has 1 aromatic heterocycles. The van der Waals surface area contributed by atoms with Crippen molar-refractivity contribution in [1.82, 2.24) is 15.1 Å². The number of hydrogen-bond acceptors (Lipinski definition) is 4. The molecule has 2 fully saturated rings. The van der Waals surface area contributed by atoms with E-state index in [2.05, 4.69) is 27.2 Å². The molecule has 0 bridgehead atoms. The molecule has 154 valence electrons. The Morgan fingerprint density at radius 1 is 1.03 bits per heavy atom. The van der Waals surface area contributed by atoms with Crippen molar-refractivity contribution in [3.63, 3.8) is 0 Å². The third-order valence-electron chi connectivity index (χ3n) is 5.96. The van der Waals surface area contributed by atoms with E-state index in [-0.39, 0.29) is 36.0 Å². The molecule has 1 unspecified atom stereocenters. The zero-order chi connectivity index (χ0) is 20.7. The van der Waals surface area contributed by atoms with Crippen LogP contribution in [0.1, 0.15) is 6.42 Å². The van der Waals surface area contributed by atoms with Crippen molar-refractivity contribution < 1.29 is 14.0 Å². The van der Waals surface area contributed by atoms with E-state index in [1.54, 1.807) is 12.1 Å². The largest absolute Gasteiger partial charge is 0.368 e. The highest BCUT2D eigenvalue weighted by Crippen LogP contribution is 2.32. The predicted molar refractivity (Wildman–Crippen MR) is 112 cm³/mol. The van der Waals surface area contributed by atoms with Gasteiger partial charge in [0.1, 0.15) is 5.82 Å². The number of aromatic nitrogens is 2. The van der Waals surface area contributed by atoms with E-state index in [4.69, 9.17) is 0 Å². The molecule has 0 aliphatic carbocycles. The molecule has 7 nitrogen and oxygen atoms in total. The van der Waals surface area contributed by atoms with Crippen molar-refractivity contribution in [2.24, 2.45) is 5.92 Å². The average Bonchev–Trinajstić information content (AvgIpc) is 3.38. The van der Waals surface area contributed by atoms with Crippen molar-refractivity contribution in [2.75, 3.05) is 42.5 Å². The molecule has 1 N–H and O–H groups in total. The maximum atomic E-state index is 14.3. The van der Waals surface area contributed by atoms with Crippen molar-refractivity contribution in [2.45, 2.75) is 6.42 Å². The van der Waals surface area contributed by atoms with Gasteiger partial charge in [-0.2, -0.15) is 5.10 Å². The highest BCUT2D eigenvalue weighted by atomic mass is 19.1. The van der Waals surface area contributed by atoms with Crippen LogP contribution in [0.3, 0.4) is 0 Å². The van der Waals surface area contributed by atoms with Gasteiger partial charge in [0.2, 0.25) is 11.8 Å². The Balaban J connectivity index is 1.27. The molecule has 1 atom stereocenters. The summed E-state index contributed by atoms with van der Waals surface area (Å²) in [4.78, 5) is 31.2. The Labute approximate surface area is 173 Å². The number of carbonyl (C=O) groups excluding carboxylic acids is 2. The zero-order valence-electron chi connectivity index (χ0n) is 16.4. The van der Waals surface area contributed by atoms with Crippen LogP contribution in [0.5, 0.6) is 0 Å². The fourth-order valence-electron chi connectivity index (χ4n) is 4.37. The van der Waals surface area contributed by atoms with Gasteiger partial charge in [-0.1, -0.05) is 24.3 Å². The van der Waals surface area contributed by atoms with E-state index in [0.717, 1.165) is 18.8 Å². The van der Waals surface area contributed by atoms with E-state index < -0.39 is 11.7 Å². The monoisotopic (exact) mass is 407 g/mol. The Morgan fingerprint density at radius 2 is 1.80 bits per heavy atom. The van der Waals surface area contributed by atoms with Crippen LogP contribution in [0.4, 0.5) is 15.9 Å². The number of benzene rings is 2. The third-order valence-corrected chi connectivity index (χ3v) is 5.96. The van der Waals surface area contributed by atoms with Crippen LogP contribution in [-0.4, -0.2) is 59.6 Å². The summed E-state index contributed by atoms with van der Waals surface area (Å²) in [5.41, 5.74) is 1.68. The Bertz CT molecular complexity index is 1090. The molecular weight excluding hydrogens is 385 g/mol. The smallest absolute Gasteiger partial charge is 0.229 e. The van der Waals surface area contributed by atoms with Crippen LogP contribution < -0.4 is 9.80 Å². The summed E-state index contributed by atoms with van der Waals surface area (Å²) in [7, 11) is 0. The second-order valence-corrected chi connectivity index (χ2v) is 7.76. The highest BCUT2D eigenvalue weighted by molar-refractivity contribution is 6.05. The average molecular weight is 407 g/mol. The number of fused-ring (bicyclic) bond motifs is 1. The van der Waals surface area contributed by atoms with E-state index in [9.17, 15) is 14.0 Å². The van der Waals surface area contributed by atoms with Gasteiger partial charge in [0.25, 0.3) is 0 Å². The first-order chi connectivity index (χ1) is 14.6. The summed E-state index contributed by atoms with van der Waals surface area (Å²) in [5, 5.41) is 7.20. The van der Waals surface area contributed by atoms with Gasteiger partial charge in [0.15, 0.2) is 5.82 Å². The van der Waals surface area contributed by atoms with Crippen molar-refractivity contribution >= 4 is 34.2 Å². The van der Waals surface area contributed by atoms with Gasteiger partial charge in [0.05, 0.1) is 16.8 Å². The molecule has 3 aromatic rings. The Morgan fingerprint density at radius 3 is 2.57 bits per heavy atom. The Hall–Kier alpha value is -3.42. The number of anilines is 2. The van der Waals surface area contributed by atoms with Gasteiger partial charge in [-0.3, -0.25) is 19.6 Å². The van der Waals surface area contributed by atoms with E-state index in [0.29, 0.717) is 18.6 Å². The number of nitrogens with one attached hydrogen (secondary N) is 1. The first kappa shape index (κ1) is 18.6. The quantitative estimate of drug-likeness (QED) is 0.724. The number of piperazine rings is 1. The summed E-state index contributed by atoms with van der Waals surface area (Å²) in [5.74, 6) is -0.820. The normalized spacial score (nSPS) is 19.7. The highest BCUT2D eigenvalue weighted by Gasteiger charge is 2.39. The molecule has 2 aromatic carbocycles. The van der Waals surface area contributed by atoms with E-state index >= 15 is 0 Å². The van der Waals surface area contributed by atoms with Crippen LogP contribution in [0, 0.1) is 11.7 Å². The molecule has 3 heterocycles. The van der Waals surface area contributed by atoms with Crippen LogP contribution in [0.2, 0.25) is 0 Å². The molecule has 5 rings (SSSR count). The summed E-state index contributed by atoms with van der Waals surface area (Å²) >= 11 is 0. The molecule has 0 radical (unpaired) electrons. The lowest BCUT2D eigenvalue weighted by Crippen LogP contribution is -2.50. The van der Waals surface area contributed by atoms with Crippen LogP contribution in [0.15, 0.2) is 48.5 Å². The zero-order valence-corrected chi connectivity index (χ0v) is 16.4. The lowest BCUT2D eigenvalue weighted by molar-refractivity contribution is -0.136. The second-order valence-electron chi connectivity index (χ2n) is 7.76. The first-order valence-electron chi connectivity index (χ1n) is 10.1. The minimum Gasteiger partial charge on any atom is -0.368 e. The van der Waals surface area contributed by atoms with E-state index in [1.807, 2.05) is 23.1 Å². The van der Waals surface area contributed by atoms with Gasteiger partial charge in [-0.25, -0.2) is 4.39 Å². The van der Waals surface area contributed by atoms with Gasteiger partial charge >= 0.3 is 0 Å². The molecule has 2 saturated heterocycles. The fourth-order valence-corrected chi connectivity index (χ4v) is 4.37. The van der Waals surface area contributed by atoms with Crippen LogP contribution in [0.25, 0.3) is 10.9 Å². The number of para-hydroxylation sites is 1. The summed E-state index contributed by atoms with van der Waals surface area (Å²) < 4.78 is 14.3. The molecule has 0 saturated carbocycles. The molecular formula is C22H22FN5O2. The molecule has 0 spiro atoms. The number of amides is 2. The van der Waals surface area contributed by atoms with Gasteiger partial charge in [0, 0.05) is 44.8 Å². The maximum Gasteiger partial charge on any atom is 0.229 e. The van der Waals surface area contributed by atoms with Gasteiger partial charge < -0.3 is 9.80 Å². The number of hydrogen-bond donors (Lipinski definition) is 1. The summed E-state index contributed by atoms with van der Waals surface area (Å²) in [6, 6.07) is 14.8. The topological polar surface area (TPSA) is 72.5 Å². The number of carbonyl (C=O) groups is 2. The Kier molecular flexibility index (Phi) is 4.61. The summed E-state index contributed by atoms with van der Waals surface area (Å²) in [6.45, 7) is 2.99. The second kappa shape index (κ2) is 7.44. The molecule has 2 aliphatic rings. The van der Waals surface area contributed by atoms with Gasteiger partial charge in [-0.05, 0) is 24.3 Å². The molecule has 30 heavy (non-hydrogen) atoms. The van der Waals surface area contributed by atoms with Crippen molar-refractivity contribution in [3.8, 4) is 0 Å². The molecule has 2 aliphatic heterocycles. The lowest BCUT2D eigenvalue weighted by Gasteiger charge is -2.37. The maximum absolute atomic E-state index is 14.3. The third kappa shape index (κ3) is 3.18. The SMILES string of the molecule is O=C(C1CC(=O)N(c2n[nH]c3cccc(F)c23)C1)N1CCN(c2ccccc2)CC1. The van der Waals surface area contributed by atoms with Crippen LogP contribution in [-0.2, 0) is 9.59 Å². The van der Waals surface area contributed by atoms with E-state index in [1.165, 1.54) is 11.0 Å². The number of aromatic amines is 1. The number of rotatable bonds is 3. The van der Waals surface area contributed by atoms with Crippen molar-refractivity contribution in [3.05, 3.63) is 54.3 Å². The number of halogens is 1.